The van der Waals surface area contributed by atoms with Crippen molar-refractivity contribution in [1.29, 1.82) is 0 Å². The first-order valence-electron chi connectivity index (χ1n) is 18.1. The van der Waals surface area contributed by atoms with E-state index in [0.29, 0.717) is 33.1 Å². The van der Waals surface area contributed by atoms with E-state index in [1.165, 1.54) is 12.5 Å². The van der Waals surface area contributed by atoms with Crippen LogP contribution in [0, 0.1) is 5.92 Å². The van der Waals surface area contributed by atoms with Crippen molar-refractivity contribution in [3.63, 3.8) is 0 Å². The van der Waals surface area contributed by atoms with E-state index < -0.39 is 72.8 Å². The van der Waals surface area contributed by atoms with Gasteiger partial charge in [-0.25, -0.2) is 9.78 Å². The first kappa shape index (κ1) is 42.7. The normalized spacial score (nSPS) is 18.1. The molecule has 1 saturated heterocycles. The zero-order chi connectivity index (χ0) is 43.5. The lowest BCUT2D eigenvalue weighted by Crippen LogP contribution is -2.64. The Bertz CT molecular complexity index is 2500. The molecular weight excluding hydrogens is 860 g/mol. The zero-order valence-corrected chi connectivity index (χ0v) is 34.3. The van der Waals surface area contributed by atoms with Gasteiger partial charge in [0.05, 0.1) is 18.4 Å². The van der Waals surface area contributed by atoms with E-state index >= 15 is 0 Å². The van der Waals surface area contributed by atoms with Gasteiger partial charge in [0.1, 0.15) is 29.5 Å². The summed E-state index contributed by atoms with van der Waals surface area (Å²) in [4.78, 5) is 50.6. The second kappa shape index (κ2) is 17.3. The number of hydrogen-bond acceptors (Lipinski definition) is 13. The van der Waals surface area contributed by atoms with Crippen molar-refractivity contribution in [1.82, 2.24) is 15.2 Å². The highest BCUT2D eigenvalue weighted by Crippen LogP contribution is 2.49. The van der Waals surface area contributed by atoms with E-state index in [1.54, 1.807) is 24.3 Å². The number of carboxylic acid groups (broad SMARTS) is 1. The number of thioether (sulfide) groups is 1. The number of oxime groups is 1. The van der Waals surface area contributed by atoms with Gasteiger partial charge in [-0.05, 0) is 40.8 Å². The Morgan fingerprint density at radius 2 is 1.44 bits per heavy atom. The van der Waals surface area contributed by atoms with Crippen molar-refractivity contribution in [3.8, 4) is 5.75 Å². The van der Waals surface area contributed by atoms with E-state index in [2.05, 4.69) is 25.0 Å². The summed E-state index contributed by atoms with van der Waals surface area (Å²) in [5.74, 6) is -5.71. The molecule has 0 aliphatic carbocycles. The highest BCUT2D eigenvalue weighted by molar-refractivity contribution is 8.00. The summed E-state index contributed by atoms with van der Waals surface area (Å²) < 4.78 is 75.5. The van der Waals surface area contributed by atoms with Crippen LogP contribution in [0.4, 0.5) is 18.3 Å². The van der Waals surface area contributed by atoms with Crippen molar-refractivity contribution in [2.24, 2.45) is 11.1 Å². The van der Waals surface area contributed by atoms with Gasteiger partial charge in [0.15, 0.2) is 22.3 Å². The Morgan fingerprint density at radius 1 is 0.885 bits per heavy atom. The number of aromatic nitrogens is 1. The molecule has 316 valence electrons. The number of halogens is 3. The van der Waals surface area contributed by atoms with Crippen LogP contribution in [-0.2, 0) is 45.5 Å². The van der Waals surface area contributed by atoms with Gasteiger partial charge in [-0.2, -0.15) is 21.6 Å². The molecule has 2 amide bonds. The first-order valence-corrected chi connectivity index (χ1v) is 21.3. The van der Waals surface area contributed by atoms with E-state index in [0.717, 1.165) is 35.1 Å². The summed E-state index contributed by atoms with van der Waals surface area (Å²) in [7, 11) is -3.91. The second-order valence-corrected chi connectivity index (χ2v) is 17.0. The molecule has 5 aromatic rings. The average Bonchev–Trinajstić information content (AvgIpc) is 3.72. The number of hydrogen-bond donors (Lipinski definition) is 3. The number of carbonyl (C=O) groups excluding carboxylic acids is 2. The van der Waals surface area contributed by atoms with Gasteiger partial charge < -0.3 is 29.5 Å². The number of carboxylic acids is 1. The number of carbonyl (C=O) groups is 3. The molecule has 0 radical (unpaired) electrons. The first-order chi connectivity index (χ1) is 29.2. The van der Waals surface area contributed by atoms with Crippen molar-refractivity contribution >= 4 is 61.8 Å². The monoisotopic (exact) mass is 893 g/mol. The number of nitrogens with zero attached hydrogens (tertiary/aromatic N) is 3. The van der Waals surface area contributed by atoms with Crippen LogP contribution < -0.4 is 15.4 Å². The van der Waals surface area contributed by atoms with E-state index in [-0.39, 0.29) is 12.1 Å². The Morgan fingerprint density at radius 3 is 1.93 bits per heavy atom. The third-order valence-corrected chi connectivity index (χ3v) is 12.9. The summed E-state index contributed by atoms with van der Waals surface area (Å²) >= 11 is 1.71. The number of methoxy groups -OCH3 is 1. The summed E-state index contributed by atoms with van der Waals surface area (Å²) in [6.45, 7) is 0. The largest absolute Gasteiger partial charge is 0.534 e. The van der Waals surface area contributed by atoms with E-state index in [9.17, 15) is 41.1 Å². The second-order valence-electron chi connectivity index (χ2n) is 13.4. The summed E-state index contributed by atoms with van der Waals surface area (Å²) in [5.41, 5.74) is -5.62. The molecule has 2 aliphatic rings. The topological polar surface area (TPSA) is 186 Å². The van der Waals surface area contributed by atoms with Gasteiger partial charge in [-0.1, -0.05) is 108 Å². The van der Waals surface area contributed by atoms with E-state index in [1.807, 2.05) is 91.0 Å². The maximum Gasteiger partial charge on any atom is 0.534 e. The summed E-state index contributed by atoms with van der Waals surface area (Å²) in [6, 6.07) is 35.3. The molecule has 3 atom stereocenters. The Balaban J connectivity index is 1.24. The Kier molecular flexibility index (Phi) is 12.1. The van der Waals surface area contributed by atoms with Crippen molar-refractivity contribution in [3.05, 3.63) is 160 Å². The van der Waals surface area contributed by atoms with Crippen LogP contribution in [0.5, 0.6) is 5.75 Å². The quantitative estimate of drug-likeness (QED) is 0.0267. The predicted molar refractivity (Wildman–Crippen MR) is 220 cm³/mol. The summed E-state index contributed by atoms with van der Waals surface area (Å²) in [5, 5.41) is 18.8. The minimum atomic E-state index is -6.51. The van der Waals surface area contributed by atoms with Crippen LogP contribution in [0.2, 0.25) is 0 Å². The molecule has 4 aromatic carbocycles. The van der Waals surface area contributed by atoms with Gasteiger partial charge in [0.25, 0.3) is 5.91 Å². The van der Waals surface area contributed by atoms with Crippen molar-refractivity contribution in [2.75, 3.05) is 19.5 Å². The smallest absolute Gasteiger partial charge is 0.497 e. The highest BCUT2D eigenvalue weighted by atomic mass is 32.2. The zero-order valence-electron chi connectivity index (χ0n) is 31.9. The van der Waals surface area contributed by atoms with Crippen LogP contribution in [0.15, 0.2) is 137 Å². The number of fused-ring (bicyclic) bond motifs is 1. The fourth-order valence-electron chi connectivity index (χ4n) is 6.99. The number of alkyl halides is 3. The fourth-order valence-corrected chi connectivity index (χ4v) is 9.77. The van der Waals surface area contributed by atoms with Crippen molar-refractivity contribution in [2.45, 2.75) is 28.2 Å². The van der Waals surface area contributed by atoms with Gasteiger partial charge in [0, 0.05) is 5.38 Å². The third kappa shape index (κ3) is 8.37. The molecule has 1 aromatic heterocycles. The molecule has 61 heavy (non-hydrogen) atoms. The number of thiazole rings is 1. The number of rotatable bonds is 15. The van der Waals surface area contributed by atoms with Crippen molar-refractivity contribution < 1.29 is 54.8 Å². The molecule has 0 bridgehead atoms. The lowest BCUT2D eigenvalue weighted by molar-refractivity contribution is -0.152. The van der Waals surface area contributed by atoms with E-state index in [4.69, 9.17) is 9.57 Å². The van der Waals surface area contributed by atoms with Crippen LogP contribution in [0.3, 0.4) is 0 Å². The minimum Gasteiger partial charge on any atom is -0.497 e. The van der Waals surface area contributed by atoms with Gasteiger partial charge >= 0.3 is 21.6 Å². The molecule has 20 heteroatoms. The number of aliphatic carboxylic acids is 1. The molecule has 7 rings (SSSR count). The molecule has 1 unspecified atom stereocenters. The molecule has 3 heterocycles. The number of benzene rings is 4. The highest BCUT2D eigenvalue weighted by Gasteiger charge is 2.59. The standard InChI is InChI=1S/C41H34F3N5O9S3/c1-56-28-20-18-24(19-21-28)22-29-36(51)49-32(38(52)53)33(58-61(54,55)41(42,43)44)35(60-37(29)49)46-34(50)31(48-57-2)30-23-59-39(45-30)47-40(25-12-6-3-7-13-25,26-14-8-4-9-15-26)27-16-10-5-11-17-27/h3-21,23,29,35,37H,22H2,1-2H3,(H,45,47)(H,46,50)(H,52,53)/t29-,35?,37+/m1/s1. The minimum absolute atomic E-state index is 0.0586. The molecule has 1 fully saturated rings. The van der Waals surface area contributed by atoms with Gasteiger partial charge in [0.2, 0.25) is 5.91 Å². The van der Waals surface area contributed by atoms with Crippen LogP contribution >= 0.6 is 23.1 Å². The summed E-state index contributed by atoms with van der Waals surface area (Å²) in [6.07, 6.45) is 0.0586. The van der Waals surface area contributed by atoms with Gasteiger partial charge in [-0.15, -0.1) is 23.1 Å². The Labute approximate surface area is 355 Å². The van der Waals surface area contributed by atoms with Crippen LogP contribution in [-0.4, -0.2) is 77.4 Å². The number of β-lactam (4-membered cyclic amide) rings is 1. The molecule has 2 aliphatic heterocycles. The molecule has 3 N–H and O–H groups in total. The molecule has 0 spiro atoms. The lowest BCUT2D eigenvalue weighted by Gasteiger charge is -2.50. The number of anilines is 1. The average molecular weight is 894 g/mol. The Hall–Kier alpha value is -6.38. The number of nitrogens with one attached hydrogen (secondary N) is 2. The van der Waals surface area contributed by atoms with Gasteiger partial charge in [-0.3, -0.25) is 14.5 Å². The maximum atomic E-state index is 14.2. The molecule has 14 nitrogen and oxygen atoms in total. The number of amides is 2. The maximum absolute atomic E-state index is 14.2. The lowest BCUT2D eigenvalue weighted by atomic mass is 9.77. The molecule has 0 saturated carbocycles. The fraction of sp³-hybridized carbons (Fsp3) is 0.195. The van der Waals surface area contributed by atoms with Crippen LogP contribution in [0.25, 0.3) is 0 Å². The molecular formula is C41H34F3N5O9S3. The SMILES string of the molecule is CON=C(C(=O)NC1S[C@H]2[C@H](Cc3ccc(OC)cc3)C(=O)N2C(C(=O)O)=C1OS(=O)(=O)C(F)(F)F)c1csc(NC(c2ccccc2)(c2ccccc2)c2ccccc2)n1. The third-order valence-electron chi connectivity index (χ3n) is 9.76. The van der Waals surface area contributed by atoms with Crippen LogP contribution in [0.1, 0.15) is 27.9 Å². The predicted octanol–water partition coefficient (Wildman–Crippen LogP) is 6.28. The number of ether oxygens (including phenoxy) is 1.